The standard InChI is InChI=1S/C17H16ClN2O3P/c1-24(2,22)23-16-15(12-6-4-3-5-7-12)19-20(17(16)21)14-10-8-13(18)9-11-14/h3-11,19H,1-2H3. The van der Waals surface area contributed by atoms with Crippen molar-refractivity contribution >= 4 is 19.0 Å². The van der Waals surface area contributed by atoms with Gasteiger partial charge in [-0.2, -0.15) is 0 Å². The average molecular weight is 363 g/mol. The number of nitrogens with zero attached hydrogens (tertiary/aromatic N) is 1. The second-order valence-electron chi connectivity index (χ2n) is 5.64. The van der Waals surface area contributed by atoms with E-state index in [0.717, 1.165) is 5.56 Å². The Morgan fingerprint density at radius 3 is 2.25 bits per heavy atom. The van der Waals surface area contributed by atoms with Crippen LogP contribution < -0.4 is 10.1 Å². The first-order valence-corrected chi connectivity index (χ1v) is 10.2. The largest absolute Gasteiger partial charge is 0.435 e. The van der Waals surface area contributed by atoms with Crippen LogP contribution in [0, 0.1) is 0 Å². The van der Waals surface area contributed by atoms with E-state index in [0.29, 0.717) is 16.4 Å². The molecule has 0 radical (unpaired) electrons. The molecule has 24 heavy (non-hydrogen) atoms. The van der Waals surface area contributed by atoms with Gasteiger partial charge in [0.05, 0.1) is 5.69 Å². The molecule has 0 fully saturated rings. The molecular weight excluding hydrogens is 347 g/mol. The zero-order chi connectivity index (χ0) is 17.3. The Balaban J connectivity index is 2.21. The minimum Gasteiger partial charge on any atom is -0.435 e. The van der Waals surface area contributed by atoms with Crippen LogP contribution in [0.25, 0.3) is 16.9 Å². The van der Waals surface area contributed by atoms with Crippen LogP contribution in [0.5, 0.6) is 5.75 Å². The van der Waals surface area contributed by atoms with E-state index in [4.69, 9.17) is 16.1 Å². The number of nitrogens with one attached hydrogen (secondary N) is 1. The zero-order valence-corrected chi connectivity index (χ0v) is 14.8. The summed E-state index contributed by atoms with van der Waals surface area (Å²) in [5, 5.41) is 3.61. The molecule has 0 aliphatic rings. The van der Waals surface area contributed by atoms with Crippen LogP contribution in [0.4, 0.5) is 0 Å². The number of aromatic nitrogens is 2. The van der Waals surface area contributed by atoms with Gasteiger partial charge < -0.3 is 4.52 Å². The van der Waals surface area contributed by atoms with Gasteiger partial charge >= 0.3 is 5.56 Å². The maximum Gasteiger partial charge on any atom is 0.314 e. The molecule has 124 valence electrons. The van der Waals surface area contributed by atoms with E-state index in [2.05, 4.69) is 5.10 Å². The van der Waals surface area contributed by atoms with E-state index in [-0.39, 0.29) is 5.75 Å². The van der Waals surface area contributed by atoms with Crippen LogP contribution in [0.3, 0.4) is 0 Å². The van der Waals surface area contributed by atoms with Crippen molar-refractivity contribution in [3.63, 3.8) is 0 Å². The number of hydrogen-bond acceptors (Lipinski definition) is 3. The lowest BCUT2D eigenvalue weighted by atomic mass is 10.1. The molecule has 3 aromatic rings. The molecule has 0 aliphatic heterocycles. The molecule has 1 aromatic heterocycles. The predicted octanol–water partition coefficient (Wildman–Crippen LogP) is 4.40. The third kappa shape index (κ3) is 3.48. The molecule has 0 bridgehead atoms. The summed E-state index contributed by atoms with van der Waals surface area (Å²) in [5.74, 6) is 0.0458. The summed E-state index contributed by atoms with van der Waals surface area (Å²) in [6.07, 6.45) is 0. The summed E-state index contributed by atoms with van der Waals surface area (Å²) in [7, 11) is -2.90. The Kier molecular flexibility index (Phi) is 4.39. The second kappa shape index (κ2) is 6.34. The van der Waals surface area contributed by atoms with Gasteiger partial charge in [-0.25, -0.2) is 4.68 Å². The maximum absolute atomic E-state index is 12.8. The highest BCUT2D eigenvalue weighted by molar-refractivity contribution is 7.57. The predicted molar refractivity (Wildman–Crippen MR) is 96.9 cm³/mol. The number of hydrogen-bond donors (Lipinski definition) is 1. The van der Waals surface area contributed by atoms with E-state index >= 15 is 0 Å². The molecule has 0 unspecified atom stereocenters. The molecule has 2 aromatic carbocycles. The van der Waals surface area contributed by atoms with Gasteiger partial charge in [-0.15, -0.1) is 0 Å². The molecule has 1 heterocycles. The van der Waals surface area contributed by atoms with Crippen molar-refractivity contribution in [2.75, 3.05) is 13.3 Å². The molecule has 0 amide bonds. The zero-order valence-electron chi connectivity index (χ0n) is 13.2. The first-order valence-electron chi connectivity index (χ1n) is 7.26. The van der Waals surface area contributed by atoms with E-state index in [1.54, 1.807) is 24.3 Å². The number of rotatable bonds is 4. The smallest absolute Gasteiger partial charge is 0.314 e. The fourth-order valence-corrected chi connectivity index (χ4v) is 3.03. The fourth-order valence-electron chi connectivity index (χ4n) is 2.30. The number of aromatic amines is 1. The van der Waals surface area contributed by atoms with Gasteiger partial charge in [-0.1, -0.05) is 41.9 Å². The fraction of sp³-hybridized carbons (Fsp3) is 0.118. The first-order chi connectivity index (χ1) is 11.3. The highest BCUT2D eigenvalue weighted by Gasteiger charge is 2.22. The van der Waals surface area contributed by atoms with Gasteiger partial charge in [-0.05, 0) is 24.3 Å². The summed E-state index contributed by atoms with van der Waals surface area (Å²) in [5.41, 5.74) is 1.46. The maximum atomic E-state index is 12.8. The van der Waals surface area contributed by atoms with Crippen molar-refractivity contribution in [2.45, 2.75) is 0 Å². The highest BCUT2D eigenvalue weighted by Crippen LogP contribution is 2.41. The summed E-state index contributed by atoms with van der Waals surface area (Å²) >= 11 is 5.90. The summed E-state index contributed by atoms with van der Waals surface area (Å²) < 4.78 is 19.0. The van der Waals surface area contributed by atoms with Crippen LogP contribution in [0.2, 0.25) is 5.02 Å². The molecule has 0 aliphatic carbocycles. The van der Waals surface area contributed by atoms with Crippen molar-refractivity contribution in [3.8, 4) is 22.7 Å². The molecule has 5 nitrogen and oxygen atoms in total. The minimum atomic E-state index is -2.90. The molecule has 0 atom stereocenters. The van der Waals surface area contributed by atoms with E-state index in [9.17, 15) is 9.36 Å². The molecule has 0 saturated heterocycles. The van der Waals surface area contributed by atoms with E-state index in [1.807, 2.05) is 30.3 Å². The van der Waals surface area contributed by atoms with E-state index in [1.165, 1.54) is 18.0 Å². The Bertz CT molecular complexity index is 956. The quantitative estimate of drug-likeness (QED) is 0.699. The topological polar surface area (TPSA) is 64.1 Å². The lowest BCUT2D eigenvalue weighted by Gasteiger charge is -2.09. The van der Waals surface area contributed by atoms with Gasteiger partial charge in [0.15, 0.2) is 0 Å². The third-order valence-corrected chi connectivity index (χ3v) is 4.18. The molecule has 0 saturated carbocycles. The summed E-state index contributed by atoms with van der Waals surface area (Å²) in [4.78, 5) is 12.8. The molecule has 3 rings (SSSR count). The van der Waals surface area contributed by atoms with Crippen LogP contribution in [0.1, 0.15) is 0 Å². The second-order valence-corrected chi connectivity index (χ2v) is 8.77. The third-order valence-electron chi connectivity index (χ3n) is 3.31. The normalized spacial score (nSPS) is 11.5. The van der Waals surface area contributed by atoms with Crippen molar-refractivity contribution < 1.29 is 9.09 Å². The molecule has 7 heteroatoms. The van der Waals surface area contributed by atoms with Gasteiger partial charge in [0.25, 0.3) is 0 Å². The van der Waals surface area contributed by atoms with Gasteiger partial charge in [0.1, 0.15) is 5.69 Å². The van der Waals surface area contributed by atoms with Gasteiger partial charge in [0.2, 0.25) is 13.1 Å². The molecule has 0 spiro atoms. The Morgan fingerprint density at radius 2 is 1.67 bits per heavy atom. The number of benzene rings is 2. The van der Waals surface area contributed by atoms with Crippen molar-refractivity contribution in [3.05, 3.63) is 70.0 Å². The summed E-state index contributed by atoms with van der Waals surface area (Å²) in [6, 6.07) is 16.1. The first kappa shape index (κ1) is 16.6. The van der Waals surface area contributed by atoms with Crippen molar-refractivity contribution in [1.82, 2.24) is 9.78 Å². The number of halogens is 1. The van der Waals surface area contributed by atoms with Crippen molar-refractivity contribution in [2.24, 2.45) is 0 Å². The Morgan fingerprint density at radius 1 is 1.04 bits per heavy atom. The number of H-pyrrole nitrogens is 1. The van der Waals surface area contributed by atoms with Crippen molar-refractivity contribution in [1.29, 1.82) is 0 Å². The Hall–Kier alpha value is -2.23. The Labute approximate surface area is 144 Å². The van der Waals surface area contributed by atoms with Crippen LogP contribution >= 0.6 is 19.0 Å². The minimum absolute atomic E-state index is 0.0458. The van der Waals surface area contributed by atoms with Crippen LogP contribution in [-0.2, 0) is 4.57 Å². The molecule has 1 N–H and O–H groups in total. The van der Waals surface area contributed by atoms with Gasteiger partial charge in [-0.3, -0.25) is 14.5 Å². The average Bonchev–Trinajstić information content (AvgIpc) is 2.85. The van der Waals surface area contributed by atoms with Gasteiger partial charge in [0, 0.05) is 23.9 Å². The lowest BCUT2D eigenvalue weighted by molar-refractivity contribution is 0.492. The van der Waals surface area contributed by atoms with Crippen LogP contribution in [-0.4, -0.2) is 23.1 Å². The summed E-state index contributed by atoms with van der Waals surface area (Å²) in [6.45, 7) is 2.95. The van der Waals surface area contributed by atoms with E-state index < -0.39 is 12.9 Å². The highest BCUT2D eigenvalue weighted by atomic mass is 35.5. The molecular formula is C17H16ClN2O3P. The lowest BCUT2D eigenvalue weighted by Crippen LogP contribution is -2.15. The SMILES string of the molecule is CP(C)(=O)Oc1c(-c2ccccc2)[nH]n(-c2ccc(Cl)cc2)c1=O. The van der Waals surface area contributed by atoms with Crippen LogP contribution in [0.15, 0.2) is 59.4 Å². The monoisotopic (exact) mass is 362 g/mol.